The van der Waals surface area contributed by atoms with E-state index in [1.807, 2.05) is 27.7 Å². The second kappa shape index (κ2) is 20.3. The highest BCUT2D eigenvalue weighted by Crippen LogP contribution is 2.30. The third kappa shape index (κ3) is 16.5. The molecule has 1 aliphatic rings. The van der Waals surface area contributed by atoms with Crippen molar-refractivity contribution in [1.29, 1.82) is 0 Å². The molecule has 1 amide bonds. The van der Waals surface area contributed by atoms with Crippen LogP contribution in [0.15, 0.2) is 0 Å². The Labute approximate surface area is 160 Å². The first-order valence-electron chi connectivity index (χ1n) is 10.1. The van der Waals surface area contributed by atoms with Gasteiger partial charge in [0.2, 0.25) is 5.91 Å². The summed E-state index contributed by atoms with van der Waals surface area (Å²) < 4.78 is 15.3. The SMILES string of the molecule is CC.CCC(C)C(=O)C1CCC1.CCOCCOCCOCCC(N)=O. The van der Waals surface area contributed by atoms with Gasteiger partial charge in [-0.1, -0.05) is 34.1 Å². The summed E-state index contributed by atoms with van der Waals surface area (Å²) in [5.74, 6) is 0.913. The van der Waals surface area contributed by atoms with Gasteiger partial charge in [0.15, 0.2) is 0 Å². The zero-order valence-electron chi connectivity index (χ0n) is 17.6. The average Bonchev–Trinajstić information content (AvgIpc) is 2.60. The first kappa shape index (κ1) is 27.2. The molecule has 0 aromatic heterocycles. The van der Waals surface area contributed by atoms with E-state index in [4.69, 9.17) is 19.9 Å². The number of ether oxygens (including phenoxy) is 3. The molecule has 6 heteroatoms. The molecule has 0 aliphatic heterocycles. The van der Waals surface area contributed by atoms with Crippen molar-refractivity contribution in [2.45, 2.75) is 66.7 Å². The molecule has 0 saturated heterocycles. The Balaban J connectivity index is 0. The van der Waals surface area contributed by atoms with Gasteiger partial charge in [-0.05, 0) is 26.2 Å². The number of carbonyl (C=O) groups is 2. The van der Waals surface area contributed by atoms with E-state index in [0.717, 1.165) is 19.3 Å². The molecule has 0 heterocycles. The Bertz CT molecular complexity index is 325. The lowest BCUT2D eigenvalue weighted by Gasteiger charge is -2.26. The summed E-state index contributed by atoms with van der Waals surface area (Å²) >= 11 is 0. The first-order chi connectivity index (χ1) is 12.5. The molecule has 1 aliphatic carbocycles. The molecular weight excluding hydrogens is 334 g/mol. The van der Waals surface area contributed by atoms with Crippen LogP contribution < -0.4 is 5.73 Å². The summed E-state index contributed by atoms with van der Waals surface area (Å²) in [7, 11) is 0. The summed E-state index contributed by atoms with van der Waals surface area (Å²) in [5, 5.41) is 0. The molecule has 6 nitrogen and oxygen atoms in total. The van der Waals surface area contributed by atoms with Crippen molar-refractivity contribution in [2.75, 3.05) is 39.6 Å². The van der Waals surface area contributed by atoms with Crippen LogP contribution in [0.5, 0.6) is 0 Å². The summed E-state index contributed by atoms with van der Waals surface area (Å²) in [6.45, 7) is 13.3. The standard InChI is InChI=1S/C9H19NO4.C9H16O.C2H6/c1-2-12-5-6-14-8-7-13-4-3-9(10)11;1-3-7(2)9(10)8-5-4-6-8;1-2/h2-8H2,1H3,(H2,10,11);7-8H,3-6H2,1-2H3;1-2H3. The van der Waals surface area contributed by atoms with Crippen molar-refractivity contribution in [3.63, 3.8) is 0 Å². The summed E-state index contributed by atoms with van der Waals surface area (Å²) in [6, 6.07) is 0. The predicted octanol–water partition coefficient (Wildman–Crippen LogP) is 3.36. The normalized spacial score (nSPS) is 14.2. The number of carbonyl (C=O) groups excluding carboxylic acids is 2. The van der Waals surface area contributed by atoms with Crippen molar-refractivity contribution >= 4 is 11.7 Å². The number of amides is 1. The van der Waals surface area contributed by atoms with Crippen LogP contribution in [0.1, 0.15) is 66.7 Å². The lowest BCUT2D eigenvalue weighted by molar-refractivity contribution is -0.128. The molecule has 0 bridgehead atoms. The lowest BCUT2D eigenvalue weighted by Crippen LogP contribution is -2.26. The third-order valence-corrected chi connectivity index (χ3v) is 4.05. The second-order valence-electron chi connectivity index (χ2n) is 5.98. The molecule has 1 rings (SSSR count). The zero-order valence-corrected chi connectivity index (χ0v) is 17.6. The molecule has 0 spiro atoms. The van der Waals surface area contributed by atoms with Crippen LogP contribution in [0.2, 0.25) is 0 Å². The lowest BCUT2D eigenvalue weighted by atomic mass is 9.78. The van der Waals surface area contributed by atoms with Gasteiger partial charge in [0.05, 0.1) is 33.0 Å². The van der Waals surface area contributed by atoms with Gasteiger partial charge >= 0.3 is 0 Å². The number of ketones is 1. The minimum Gasteiger partial charge on any atom is -0.379 e. The maximum Gasteiger partial charge on any atom is 0.219 e. The number of Topliss-reactive ketones (excluding diaryl/α,β-unsaturated/α-hetero) is 1. The summed E-state index contributed by atoms with van der Waals surface area (Å²) in [5.41, 5.74) is 4.92. The molecule has 0 aromatic rings. The fourth-order valence-corrected chi connectivity index (χ4v) is 2.05. The van der Waals surface area contributed by atoms with Gasteiger partial charge < -0.3 is 19.9 Å². The molecule has 1 unspecified atom stereocenters. The van der Waals surface area contributed by atoms with E-state index in [2.05, 4.69) is 6.92 Å². The van der Waals surface area contributed by atoms with Gasteiger partial charge in [-0.3, -0.25) is 9.59 Å². The quantitative estimate of drug-likeness (QED) is 0.499. The predicted molar refractivity (Wildman–Crippen MR) is 105 cm³/mol. The maximum atomic E-state index is 11.4. The van der Waals surface area contributed by atoms with Crippen molar-refractivity contribution in [1.82, 2.24) is 0 Å². The highest BCUT2D eigenvalue weighted by Gasteiger charge is 2.27. The van der Waals surface area contributed by atoms with E-state index in [1.165, 1.54) is 6.42 Å². The minimum absolute atomic E-state index is 0.263. The fourth-order valence-electron chi connectivity index (χ4n) is 2.05. The van der Waals surface area contributed by atoms with Gasteiger partial charge in [-0.25, -0.2) is 0 Å². The average molecular weight is 376 g/mol. The topological polar surface area (TPSA) is 87.8 Å². The Hall–Kier alpha value is -0.980. The minimum atomic E-state index is -0.345. The summed E-state index contributed by atoms with van der Waals surface area (Å²) in [4.78, 5) is 21.7. The fraction of sp³-hybridized carbons (Fsp3) is 0.900. The number of hydrogen-bond donors (Lipinski definition) is 1. The van der Waals surface area contributed by atoms with Crippen LogP contribution in [0, 0.1) is 11.8 Å². The molecule has 0 aromatic carbocycles. The molecule has 1 saturated carbocycles. The number of hydrogen-bond acceptors (Lipinski definition) is 5. The van der Waals surface area contributed by atoms with E-state index in [-0.39, 0.29) is 12.3 Å². The third-order valence-electron chi connectivity index (χ3n) is 4.05. The largest absolute Gasteiger partial charge is 0.379 e. The molecule has 1 fully saturated rings. The molecule has 2 N–H and O–H groups in total. The van der Waals surface area contributed by atoms with Crippen LogP contribution in [-0.2, 0) is 23.8 Å². The van der Waals surface area contributed by atoms with Gasteiger partial charge in [-0.15, -0.1) is 0 Å². The van der Waals surface area contributed by atoms with Crippen LogP contribution in [0.3, 0.4) is 0 Å². The van der Waals surface area contributed by atoms with E-state index in [0.29, 0.717) is 57.3 Å². The number of nitrogens with two attached hydrogens (primary N) is 1. The van der Waals surface area contributed by atoms with Crippen LogP contribution in [0.4, 0.5) is 0 Å². The van der Waals surface area contributed by atoms with Crippen molar-refractivity contribution in [2.24, 2.45) is 17.6 Å². The van der Waals surface area contributed by atoms with E-state index >= 15 is 0 Å². The van der Waals surface area contributed by atoms with E-state index in [9.17, 15) is 9.59 Å². The van der Waals surface area contributed by atoms with E-state index in [1.54, 1.807) is 0 Å². The molecular formula is C20H41NO5. The van der Waals surface area contributed by atoms with Gasteiger partial charge in [0, 0.05) is 24.9 Å². The Kier molecular flexibility index (Phi) is 21.3. The van der Waals surface area contributed by atoms with Crippen molar-refractivity contribution in [3.05, 3.63) is 0 Å². The smallest absolute Gasteiger partial charge is 0.219 e. The molecule has 0 radical (unpaired) electrons. The van der Waals surface area contributed by atoms with Gasteiger partial charge in [0.25, 0.3) is 0 Å². The van der Waals surface area contributed by atoms with E-state index < -0.39 is 0 Å². The van der Waals surface area contributed by atoms with Gasteiger partial charge in [0.1, 0.15) is 5.78 Å². The van der Waals surface area contributed by atoms with Crippen LogP contribution in [0.25, 0.3) is 0 Å². The van der Waals surface area contributed by atoms with Gasteiger partial charge in [-0.2, -0.15) is 0 Å². The Morgan fingerprint density at radius 3 is 1.85 bits per heavy atom. The summed E-state index contributed by atoms with van der Waals surface area (Å²) in [6.07, 6.45) is 4.85. The maximum absolute atomic E-state index is 11.4. The number of rotatable bonds is 13. The number of primary amides is 1. The van der Waals surface area contributed by atoms with Crippen molar-refractivity contribution < 1.29 is 23.8 Å². The highest BCUT2D eigenvalue weighted by molar-refractivity contribution is 5.83. The molecule has 26 heavy (non-hydrogen) atoms. The monoisotopic (exact) mass is 375 g/mol. The van der Waals surface area contributed by atoms with Crippen molar-refractivity contribution in [3.8, 4) is 0 Å². The van der Waals surface area contributed by atoms with Crippen LogP contribution in [-0.4, -0.2) is 51.3 Å². The van der Waals surface area contributed by atoms with Crippen LogP contribution >= 0.6 is 0 Å². The highest BCUT2D eigenvalue weighted by atomic mass is 16.5. The first-order valence-corrected chi connectivity index (χ1v) is 10.1. The Morgan fingerprint density at radius 1 is 0.962 bits per heavy atom. The second-order valence-corrected chi connectivity index (χ2v) is 5.98. The molecule has 1 atom stereocenters. The zero-order chi connectivity index (χ0) is 20.2. The Morgan fingerprint density at radius 2 is 1.46 bits per heavy atom. The molecule has 156 valence electrons.